The fourth-order valence-corrected chi connectivity index (χ4v) is 5.02. The van der Waals surface area contributed by atoms with Crippen molar-refractivity contribution >= 4 is 38.3 Å². The van der Waals surface area contributed by atoms with Gasteiger partial charge in [0.25, 0.3) is 0 Å². The minimum absolute atomic E-state index is 0.807. The van der Waals surface area contributed by atoms with E-state index in [-0.39, 0.29) is 0 Å². The molecule has 0 saturated heterocycles. The quantitative estimate of drug-likeness (QED) is 0.283. The van der Waals surface area contributed by atoms with Crippen molar-refractivity contribution in [3.63, 3.8) is 0 Å². The second kappa shape index (κ2) is 7.25. The Bertz CT molecular complexity index is 1690. The smallest absolute Gasteiger partial charge is 0.137 e. The zero-order valence-electron chi connectivity index (χ0n) is 18.7. The standard InChI is InChI=1S/C29H22N4O/c1-31-14-15-32(19-31)22-7-5-8-23(17-22)34-24-16-21-12-11-20-6-4-9-25-28(20)29(21)26(18-24)33(25)27-10-2-3-13-30-27/h2-18H,19H2,1H3. The Balaban J connectivity index is 1.39. The monoisotopic (exact) mass is 442 g/mol. The predicted molar refractivity (Wildman–Crippen MR) is 138 cm³/mol. The van der Waals surface area contributed by atoms with Gasteiger partial charge >= 0.3 is 0 Å². The molecule has 0 amide bonds. The maximum Gasteiger partial charge on any atom is 0.137 e. The van der Waals surface area contributed by atoms with Crippen molar-refractivity contribution in [3.05, 3.63) is 104 Å². The number of nitrogens with zero attached hydrogens (tertiary/aromatic N) is 4. The van der Waals surface area contributed by atoms with E-state index in [0.717, 1.165) is 46.1 Å². The summed E-state index contributed by atoms with van der Waals surface area (Å²) in [6.07, 6.45) is 6.00. The molecule has 0 unspecified atom stereocenters. The second-order valence-corrected chi connectivity index (χ2v) is 8.77. The number of rotatable bonds is 4. The van der Waals surface area contributed by atoms with Gasteiger partial charge in [0.2, 0.25) is 0 Å². The highest BCUT2D eigenvalue weighted by Gasteiger charge is 2.18. The number of anilines is 1. The van der Waals surface area contributed by atoms with Gasteiger partial charge in [-0.05, 0) is 47.2 Å². The normalized spacial score (nSPS) is 13.7. The van der Waals surface area contributed by atoms with Crippen LogP contribution in [-0.2, 0) is 0 Å². The predicted octanol–water partition coefficient (Wildman–Crippen LogP) is 6.74. The van der Waals surface area contributed by atoms with E-state index in [9.17, 15) is 0 Å². The average molecular weight is 443 g/mol. The molecule has 2 aromatic heterocycles. The molecule has 164 valence electrons. The van der Waals surface area contributed by atoms with Crippen LogP contribution in [-0.4, -0.2) is 28.2 Å². The Labute approximate surface area is 197 Å². The highest BCUT2D eigenvalue weighted by atomic mass is 16.5. The Morgan fingerprint density at radius 3 is 2.47 bits per heavy atom. The first-order chi connectivity index (χ1) is 16.7. The van der Waals surface area contributed by atoms with Crippen molar-refractivity contribution in [2.75, 3.05) is 18.6 Å². The molecule has 1 aliphatic rings. The molecule has 0 fully saturated rings. The fraction of sp³-hybridized carbons (Fsp3) is 0.0690. The first-order valence-electron chi connectivity index (χ1n) is 11.4. The second-order valence-electron chi connectivity index (χ2n) is 8.77. The van der Waals surface area contributed by atoms with E-state index in [2.05, 4.69) is 93.4 Å². The number of hydrogen-bond donors (Lipinski definition) is 0. The maximum atomic E-state index is 6.43. The van der Waals surface area contributed by atoms with E-state index in [4.69, 9.17) is 4.74 Å². The van der Waals surface area contributed by atoms with Crippen LogP contribution in [0.15, 0.2) is 104 Å². The zero-order valence-corrected chi connectivity index (χ0v) is 18.7. The molecule has 1 aliphatic heterocycles. The van der Waals surface area contributed by atoms with Crippen molar-refractivity contribution in [2.24, 2.45) is 0 Å². The molecule has 4 aromatic carbocycles. The molecule has 0 atom stereocenters. The minimum Gasteiger partial charge on any atom is -0.457 e. The van der Waals surface area contributed by atoms with Crippen molar-refractivity contribution in [2.45, 2.75) is 0 Å². The summed E-state index contributed by atoms with van der Waals surface area (Å²) in [5.74, 6) is 2.52. The van der Waals surface area contributed by atoms with Gasteiger partial charge in [-0.15, -0.1) is 0 Å². The molecule has 7 rings (SSSR count). The first kappa shape index (κ1) is 19.0. The Morgan fingerprint density at radius 2 is 1.62 bits per heavy atom. The zero-order chi connectivity index (χ0) is 22.6. The third-order valence-electron chi connectivity index (χ3n) is 6.51. The molecule has 0 radical (unpaired) electrons. The molecule has 6 aromatic rings. The lowest BCUT2D eigenvalue weighted by molar-refractivity contribution is 0.481. The summed E-state index contributed by atoms with van der Waals surface area (Å²) >= 11 is 0. The summed E-state index contributed by atoms with van der Waals surface area (Å²) in [5, 5.41) is 4.89. The van der Waals surface area contributed by atoms with Crippen LogP contribution >= 0.6 is 0 Å². The van der Waals surface area contributed by atoms with E-state index >= 15 is 0 Å². The largest absolute Gasteiger partial charge is 0.457 e. The van der Waals surface area contributed by atoms with Crippen LogP contribution in [0.3, 0.4) is 0 Å². The number of benzene rings is 4. The van der Waals surface area contributed by atoms with Crippen LogP contribution in [0.2, 0.25) is 0 Å². The van der Waals surface area contributed by atoms with Gasteiger partial charge in [-0.3, -0.25) is 4.57 Å². The van der Waals surface area contributed by atoms with Gasteiger partial charge in [-0.2, -0.15) is 0 Å². The minimum atomic E-state index is 0.807. The van der Waals surface area contributed by atoms with E-state index in [1.54, 1.807) is 0 Å². The lowest BCUT2D eigenvalue weighted by Gasteiger charge is -2.19. The van der Waals surface area contributed by atoms with Crippen molar-refractivity contribution in [1.82, 2.24) is 14.5 Å². The highest BCUT2D eigenvalue weighted by molar-refractivity contribution is 6.24. The van der Waals surface area contributed by atoms with Gasteiger partial charge < -0.3 is 14.5 Å². The molecular weight excluding hydrogens is 420 g/mol. The van der Waals surface area contributed by atoms with Crippen molar-refractivity contribution in [3.8, 4) is 17.3 Å². The highest BCUT2D eigenvalue weighted by Crippen LogP contribution is 2.41. The summed E-state index contributed by atoms with van der Waals surface area (Å²) in [5.41, 5.74) is 3.35. The summed E-state index contributed by atoms with van der Waals surface area (Å²) < 4.78 is 8.67. The first-order valence-corrected chi connectivity index (χ1v) is 11.4. The fourth-order valence-electron chi connectivity index (χ4n) is 5.02. The van der Waals surface area contributed by atoms with Crippen LogP contribution in [0.4, 0.5) is 5.69 Å². The summed E-state index contributed by atoms with van der Waals surface area (Å²) in [6, 6.07) is 29.3. The summed E-state index contributed by atoms with van der Waals surface area (Å²) in [6.45, 7) is 0.830. The van der Waals surface area contributed by atoms with E-state index in [1.165, 1.54) is 16.2 Å². The van der Waals surface area contributed by atoms with Crippen LogP contribution in [0.5, 0.6) is 11.5 Å². The molecule has 0 saturated carbocycles. The van der Waals surface area contributed by atoms with Crippen LogP contribution < -0.4 is 9.64 Å². The lowest BCUT2D eigenvalue weighted by Crippen LogP contribution is -2.21. The van der Waals surface area contributed by atoms with Gasteiger partial charge in [-0.1, -0.05) is 36.4 Å². The Kier molecular flexibility index (Phi) is 4.05. The van der Waals surface area contributed by atoms with Crippen LogP contribution in [0.1, 0.15) is 0 Å². The van der Waals surface area contributed by atoms with Gasteiger partial charge in [0.05, 0.1) is 17.7 Å². The van der Waals surface area contributed by atoms with Gasteiger partial charge in [0, 0.05) is 54.2 Å². The van der Waals surface area contributed by atoms with Crippen molar-refractivity contribution < 1.29 is 4.74 Å². The van der Waals surface area contributed by atoms with Gasteiger partial charge in [0.15, 0.2) is 0 Å². The molecule has 5 heteroatoms. The summed E-state index contributed by atoms with van der Waals surface area (Å²) in [7, 11) is 2.07. The third-order valence-corrected chi connectivity index (χ3v) is 6.51. The molecule has 3 heterocycles. The number of pyridine rings is 1. The lowest BCUT2D eigenvalue weighted by atomic mass is 10.0. The van der Waals surface area contributed by atoms with E-state index in [1.807, 2.05) is 36.5 Å². The SMILES string of the molecule is CN1C=CN(c2cccc(Oc3cc4ccc5cccc6c5c4c(c3)n6-c3ccccn3)c2)C1. The van der Waals surface area contributed by atoms with Crippen LogP contribution in [0.25, 0.3) is 38.4 Å². The molecule has 0 aliphatic carbocycles. The molecular formula is C29H22N4O. The van der Waals surface area contributed by atoms with E-state index < -0.39 is 0 Å². The Hall–Kier alpha value is -4.51. The number of hydrogen-bond acceptors (Lipinski definition) is 4. The van der Waals surface area contributed by atoms with Gasteiger partial charge in [-0.25, -0.2) is 4.98 Å². The van der Waals surface area contributed by atoms with Gasteiger partial charge in [0.1, 0.15) is 17.3 Å². The molecule has 0 bridgehead atoms. The van der Waals surface area contributed by atoms with Crippen LogP contribution in [0, 0.1) is 0 Å². The molecule has 0 spiro atoms. The Morgan fingerprint density at radius 1 is 0.735 bits per heavy atom. The molecule has 34 heavy (non-hydrogen) atoms. The summed E-state index contributed by atoms with van der Waals surface area (Å²) in [4.78, 5) is 9.00. The average Bonchev–Trinajstić information content (AvgIpc) is 3.45. The topological polar surface area (TPSA) is 33.5 Å². The number of ether oxygens (including phenoxy) is 1. The molecule has 5 nitrogen and oxygen atoms in total. The van der Waals surface area contributed by atoms with E-state index in [0.29, 0.717) is 0 Å². The molecule has 0 N–H and O–H groups in total. The van der Waals surface area contributed by atoms with Crippen molar-refractivity contribution in [1.29, 1.82) is 0 Å². The third kappa shape index (κ3) is 2.90. The number of aromatic nitrogens is 2. The maximum absolute atomic E-state index is 6.43.